The van der Waals surface area contributed by atoms with Crippen molar-refractivity contribution >= 4 is 0 Å². The Bertz CT molecular complexity index is 531. The fraction of sp³-hybridized carbons (Fsp3) is 0.294. The van der Waals surface area contributed by atoms with Gasteiger partial charge in [-0.15, -0.1) is 0 Å². The summed E-state index contributed by atoms with van der Waals surface area (Å²) >= 11 is 0. The maximum absolute atomic E-state index is 3.65. The highest BCUT2D eigenvalue weighted by Crippen LogP contribution is 2.26. The second-order valence-electron chi connectivity index (χ2n) is 5.15. The molecule has 0 aromatic heterocycles. The van der Waals surface area contributed by atoms with E-state index < -0.39 is 0 Å². The molecule has 92 valence electrons. The van der Waals surface area contributed by atoms with Crippen molar-refractivity contribution < 1.29 is 0 Å². The molecule has 0 radical (unpaired) electrons. The number of fused-ring (bicyclic) bond motifs is 1. The van der Waals surface area contributed by atoms with Gasteiger partial charge in [-0.25, -0.2) is 0 Å². The molecule has 1 unspecified atom stereocenters. The summed E-state index contributed by atoms with van der Waals surface area (Å²) in [4.78, 5) is 0. The molecule has 2 aromatic rings. The van der Waals surface area contributed by atoms with Gasteiger partial charge in [-0.05, 0) is 43.0 Å². The zero-order valence-electron chi connectivity index (χ0n) is 10.8. The zero-order chi connectivity index (χ0) is 12.4. The van der Waals surface area contributed by atoms with Crippen LogP contribution in [0.5, 0.6) is 0 Å². The van der Waals surface area contributed by atoms with Crippen LogP contribution in [0.4, 0.5) is 0 Å². The van der Waals surface area contributed by atoms with Crippen LogP contribution in [0.2, 0.25) is 0 Å². The van der Waals surface area contributed by atoms with Gasteiger partial charge in [-0.2, -0.15) is 0 Å². The van der Waals surface area contributed by atoms with Gasteiger partial charge in [0, 0.05) is 6.04 Å². The third-order valence-corrected chi connectivity index (χ3v) is 3.74. The number of rotatable bonds is 2. The maximum Gasteiger partial charge on any atom is 0.0363 e. The van der Waals surface area contributed by atoms with Gasteiger partial charge in [-0.3, -0.25) is 0 Å². The van der Waals surface area contributed by atoms with Crippen LogP contribution in [0.15, 0.2) is 48.5 Å². The van der Waals surface area contributed by atoms with E-state index in [1.54, 1.807) is 0 Å². The van der Waals surface area contributed by atoms with Crippen molar-refractivity contribution in [1.29, 1.82) is 0 Å². The SMILES string of the molecule is Cc1ccc2c(c1)C(Cc1ccccc1)NCC2. The largest absolute Gasteiger partial charge is 0.309 e. The lowest BCUT2D eigenvalue weighted by molar-refractivity contribution is 0.502. The van der Waals surface area contributed by atoms with E-state index in [1.807, 2.05) is 0 Å². The number of nitrogens with one attached hydrogen (secondary N) is 1. The summed E-state index contributed by atoms with van der Waals surface area (Å²) in [5.74, 6) is 0. The molecule has 2 aromatic carbocycles. The molecular weight excluding hydrogens is 218 g/mol. The monoisotopic (exact) mass is 237 g/mol. The fourth-order valence-electron chi connectivity index (χ4n) is 2.79. The Kier molecular flexibility index (Phi) is 3.16. The molecule has 0 saturated heterocycles. The average Bonchev–Trinajstić information content (AvgIpc) is 2.41. The first-order valence-corrected chi connectivity index (χ1v) is 6.69. The van der Waals surface area contributed by atoms with Gasteiger partial charge in [-0.1, -0.05) is 54.1 Å². The molecule has 1 aliphatic rings. The summed E-state index contributed by atoms with van der Waals surface area (Å²) in [7, 11) is 0. The van der Waals surface area contributed by atoms with Crippen molar-refractivity contribution in [3.05, 3.63) is 70.8 Å². The van der Waals surface area contributed by atoms with Crippen molar-refractivity contribution in [2.24, 2.45) is 0 Å². The lowest BCUT2D eigenvalue weighted by atomic mass is 9.89. The highest BCUT2D eigenvalue weighted by atomic mass is 14.9. The van der Waals surface area contributed by atoms with Crippen molar-refractivity contribution in [3.8, 4) is 0 Å². The van der Waals surface area contributed by atoms with Gasteiger partial charge in [0.15, 0.2) is 0 Å². The molecule has 0 amide bonds. The summed E-state index contributed by atoms with van der Waals surface area (Å²) in [6.45, 7) is 3.27. The van der Waals surface area contributed by atoms with Gasteiger partial charge in [0.05, 0.1) is 0 Å². The molecule has 0 saturated carbocycles. The molecule has 1 heteroatoms. The summed E-state index contributed by atoms with van der Waals surface area (Å²) in [6.07, 6.45) is 2.23. The van der Waals surface area contributed by atoms with E-state index in [2.05, 4.69) is 60.8 Å². The van der Waals surface area contributed by atoms with Crippen molar-refractivity contribution in [1.82, 2.24) is 5.32 Å². The van der Waals surface area contributed by atoms with Crippen LogP contribution in [-0.4, -0.2) is 6.54 Å². The first kappa shape index (κ1) is 11.5. The van der Waals surface area contributed by atoms with E-state index in [9.17, 15) is 0 Å². The molecule has 0 aliphatic carbocycles. The van der Waals surface area contributed by atoms with E-state index in [1.165, 1.54) is 22.3 Å². The summed E-state index contributed by atoms with van der Waals surface area (Å²) in [5, 5.41) is 3.65. The predicted molar refractivity (Wildman–Crippen MR) is 75.8 cm³/mol. The number of benzene rings is 2. The van der Waals surface area contributed by atoms with Crippen LogP contribution in [0.1, 0.15) is 28.3 Å². The van der Waals surface area contributed by atoms with Crippen LogP contribution in [-0.2, 0) is 12.8 Å². The van der Waals surface area contributed by atoms with Gasteiger partial charge in [0.2, 0.25) is 0 Å². The molecule has 0 bridgehead atoms. The number of hydrogen-bond acceptors (Lipinski definition) is 1. The maximum atomic E-state index is 3.65. The molecule has 1 heterocycles. The van der Waals surface area contributed by atoms with Gasteiger partial charge >= 0.3 is 0 Å². The van der Waals surface area contributed by atoms with Crippen molar-refractivity contribution in [3.63, 3.8) is 0 Å². The molecule has 1 nitrogen and oxygen atoms in total. The Morgan fingerprint density at radius 1 is 1.11 bits per heavy atom. The zero-order valence-corrected chi connectivity index (χ0v) is 10.8. The molecule has 1 atom stereocenters. The minimum absolute atomic E-state index is 0.469. The fourth-order valence-corrected chi connectivity index (χ4v) is 2.79. The number of hydrogen-bond donors (Lipinski definition) is 1. The molecule has 1 aliphatic heterocycles. The van der Waals surface area contributed by atoms with E-state index in [4.69, 9.17) is 0 Å². The standard InChI is InChI=1S/C17H19N/c1-13-7-8-15-9-10-18-17(16(15)11-13)12-14-5-3-2-4-6-14/h2-8,11,17-18H,9-10,12H2,1H3. The second-order valence-corrected chi connectivity index (χ2v) is 5.15. The van der Waals surface area contributed by atoms with Crippen LogP contribution >= 0.6 is 0 Å². The van der Waals surface area contributed by atoms with Crippen LogP contribution in [0.3, 0.4) is 0 Å². The minimum Gasteiger partial charge on any atom is -0.309 e. The van der Waals surface area contributed by atoms with E-state index in [-0.39, 0.29) is 0 Å². The second kappa shape index (κ2) is 4.95. The third-order valence-electron chi connectivity index (χ3n) is 3.74. The van der Waals surface area contributed by atoms with Crippen molar-refractivity contribution in [2.75, 3.05) is 6.54 Å². The topological polar surface area (TPSA) is 12.0 Å². The lowest BCUT2D eigenvalue weighted by Gasteiger charge is -2.27. The molecular formula is C17H19N. The van der Waals surface area contributed by atoms with E-state index >= 15 is 0 Å². The molecule has 0 spiro atoms. The van der Waals surface area contributed by atoms with E-state index in [0.29, 0.717) is 6.04 Å². The Balaban J connectivity index is 1.89. The van der Waals surface area contributed by atoms with Gasteiger partial charge in [0.25, 0.3) is 0 Å². The smallest absolute Gasteiger partial charge is 0.0363 e. The normalized spacial score (nSPS) is 18.4. The quantitative estimate of drug-likeness (QED) is 0.844. The predicted octanol–water partition coefficient (Wildman–Crippen LogP) is 3.42. The highest BCUT2D eigenvalue weighted by Gasteiger charge is 2.19. The summed E-state index contributed by atoms with van der Waals surface area (Å²) in [6, 6.07) is 18.1. The third kappa shape index (κ3) is 2.32. The van der Waals surface area contributed by atoms with Crippen LogP contribution in [0.25, 0.3) is 0 Å². The Hall–Kier alpha value is -1.60. The molecule has 3 rings (SSSR count). The van der Waals surface area contributed by atoms with Crippen LogP contribution in [0, 0.1) is 6.92 Å². The summed E-state index contributed by atoms with van der Waals surface area (Å²) < 4.78 is 0. The minimum atomic E-state index is 0.469. The Labute approximate surface area is 109 Å². The highest BCUT2D eigenvalue weighted by molar-refractivity contribution is 5.37. The number of aryl methyl sites for hydroxylation is 1. The van der Waals surface area contributed by atoms with Gasteiger partial charge < -0.3 is 5.32 Å². The Morgan fingerprint density at radius 2 is 1.94 bits per heavy atom. The Morgan fingerprint density at radius 3 is 2.78 bits per heavy atom. The lowest BCUT2D eigenvalue weighted by Crippen LogP contribution is -2.31. The van der Waals surface area contributed by atoms with Crippen LogP contribution < -0.4 is 5.32 Å². The summed E-state index contributed by atoms with van der Waals surface area (Å²) in [5.41, 5.74) is 5.77. The first-order chi connectivity index (χ1) is 8.83. The molecule has 18 heavy (non-hydrogen) atoms. The first-order valence-electron chi connectivity index (χ1n) is 6.69. The van der Waals surface area contributed by atoms with Gasteiger partial charge in [0.1, 0.15) is 0 Å². The van der Waals surface area contributed by atoms with Crippen molar-refractivity contribution in [2.45, 2.75) is 25.8 Å². The van der Waals surface area contributed by atoms with E-state index in [0.717, 1.165) is 19.4 Å². The molecule has 0 fully saturated rings. The average molecular weight is 237 g/mol. The molecule has 1 N–H and O–H groups in total.